The molecule has 0 saturated heterocycles. The lowest BCUT2D eigenvalue weighted by atomic mass is 10.1. The van der Waals surface area contributed by atoms with E-state index in [0.717, 1.165) is 0 Å². The van der Waals surface area contributed by atoms with Crippen LogP contribution in [0.1, 0.15) is 10.4 Å². The van der Waals surface area contributed by atoms with Crippen LogP contribution < -0.4 is 0 Å². The molecule has 0 spiro atoms. The van der Waals surface area contributed by atoms with Gasteiger partial charge in [-0.05, 0) is 18.2 Å². The number of halogens is 1. The average Bonchev–Trinajstić information content (AvgIpc) is 2.70. The molecule has 1 aromatic heterocycles. The Bertz CT molecular complexity index is 451. The lowest BCUT2D eigenvalue weighted by Gasteiger charge is -1.99. The van der Waals surface area contributed by atoms with Gasteiger partial charge < -0.3 is 4.42 Å². The molecule has 2 rings (SSSR count). The second-order valence-electron chi connectivity index (χ2n) is 2.72. The number of aromatic nitrogens is 1. The molecule has 0 bridgehead atoms. The maximum absolute atomic E-state index is 12.9. The van der Waals surface area contributed by atoms with Gasteiger partial charge in [-0.2, -0.15) is 0 Å². The zero-order valence-electron chi connectivity index (χ0n) is 7.11. The Hall–Kier alpha value is -1.97. The number of oxazole rings is 1. The van der Waals surface area contributed by atoms with Crippen molar-refractivity contribution in [3.05, 3.63) is 42.2 Å². The molecule has 0 aliphatic rings. The van der Waals surface area contributed by atoms with Crippen LogP contribution >= 0.6 is 0 Å². The molecule has 0 amide bonds. The van der Waals surface area contributed by atoms with Crippen molar-refractivity contribution in [2.24, 2.45) is 0 Å². The van der Waals surface area contributed by atoms with Gasteiger partial charge in [-0.3, -0.25) is 4.79 Å². The fraction of sp³-hybridized carbons (Fsp3) is 0. The molecule has 3 nitrogen and oxygen atoms in total. The van der Waals surface area contributed by atoms with Crippen molar-refractivity contribution in [3.8, 4) is 11.3 Å². The third kappa shape index (κ3) is 1.42. The first-order chi connectivity index (χ1) is 6.81. The second kappa shape index (κ2) is 3.41. The van der Waals surface area contributed by atoms with Crippen molar-refractivity contribution in [2.75, 3.05) is 0 Å². The number of carbonyl (C=O) groups excluding carboxylic acids is 1. The normalized spacial score (nSPS) is 10.1. The van der Waals surface area contributed by atoms with Gasteiger partial charge >= 0.3 is 0 Å². The Labute approximate surface area is 79.2 Å². The highest BCUT2D eigenvalue weighted by molar-refractivity contribution is 5.86. The Morgan fingerprint density at radius 2 is 2.29 bits per heavy atom. The van der Waals surface area contributed by atoms with Crippen LogP contribution in [0.25, 0.3) is 11.3 Å². The van der Waals surface area contributed by atoms with E-state index in [1.807, 2.05) is 0 Å². The number of carbonyl (C=O) groups is 1. The predicted octanol–water partition coefficient (Wildman–Crippen LogP) is 2.29. The van der Waals surface area contributed by atoms with Crippen molar-refractivity contribution >= 4 is 6.29 Å². The average molecular weight is 191 g/mol. The van der Waals surface area contributed by atoms with E-state index in [-0.39, 0.29) is 0 Å². The zero-order valence-corrected chi connectivity index (χ0v) is 7.11. The Balaban J connectivity index is 2.61. The molecule has 4 heteroatoms. The molecular formula is C10H6FNO2. The van der Waals surface area contributed by atoms with Crippen LogP contribution in [0, 0.1) is 5.82 Å². The van der Waals surface area contributed by atoms with Gasteiger partial charge in [-0.1, -0.05) is 0 Å². The summed E-state index contributed by atoms with van der Waals surface area (Å²) < 4.78 is 17.7. The standard InChI is InChI=1S/C10H6FNO2/c11-8-2-1-7(4-13)9(3-8)10-5-14-6-12-10/h1-6H. The third-order valence-corrected chi connectivity index (χ3v) is 1.85. The van der Waals surface area contributed by atoms with E-state index >= 15 is 0 Å². The highest BCUT2D eigenvalue weighted by Gasteiger charge is 2.08. The molecule has 0 atom stereocenters. The topological polar surface area (TPSA) is 43.1 Å². The van der Waals surface area contributed by atoms with Gasteiger partial charge in [-0.25, -0.2) is 9.37 Å². The van der Waals surface area contributed by atoms with E-state index in [4.69, 9.17) is 4.42 Å². The lowest BCUT2D eigenvalue weighted by molar-refractivity contribution is 0.112. The highest BCUT2D eigenvalue weighted by atomic mass is 19.1. The largest absolute Gasteiger partial charge is 0.451 e. The summed E-state index contributed by atoms with van der Waals surface area (Å²) in [6, 6.07) is 3.89. The SMILES string of the molecule is O=Cc1ccc(F)cc1-c1cocn1. The lowest BCUT2D eigenvalue weighted by Crippen LogP contribution is -1.88. The van der Waals surface area contributed by atoms with Crippen molar-refractivity contribution in [2.45, 2.75) is 0 Å². The quantitative estimate of drug-likeness (QED) is 0.684. The molecule has 0 fully saturated rings. The summed E-state index contributed by atoms with van der Waals surface area (Å²) in [6.07, 6.45) is 3.25. The van der Waals surface area contributed by atoms with Gasteiger partial charge in [-0.15, -0.1) is 0 Å². The van der Waals surface area contributed by atoms with Gasteiger partial charge in [0, 0.05) is 11.1 Å². The van der Waals surface area contributed by atoms with Crippen molar-refractivity contribution < 1.29 is 13.6 Å². The summed E-state index contributed by atoms with van der Waals surface area (Å²) in [5.74, 6) is -0.409. The van der Waals surface area contributed by atoms with Gasteiger partial charge in [0.25, 0.3) is 0 Å². The van der Waals surface area contributed by atoms with Gasteiger partial charge in [0.1, 0.15) is 17.8 Å². The van der Waals surface area contributed by atoms with Crippen LogP contribution in [0.15, 0.2) is 35.3 Å². The van der Waals surface area contributed by atoms with Gasteiger partial charge in [0.2, 0.25) is 0 Å². The molecule has 14 heavy (non-hydrogen) atoms. The van der Waals surface area contributed by atoms with Gasteiger partial charge in [0.05, 0.1) is 0 Å². The number of hydrogen-bond acceptors (Lipinski definition) is 3. The second-order valence-corrected chi connectivity index (χ2v) is 2.72. The van der Waals surface area contributed by atoms with E-state index in [1.54, 1.807) is 0 Å². The van der Waals surface area contributed by atoms with Crippen LogP contribution in [-0.4, -0.2) is 11.3 Å². The number of nitrogens with zero attached hydrogens (tertiary/aromatic N) is 1. The fourth-order valence-corrected chi connectivity index (χ4v) is 1.20. The minimum absolute atomic E-state index is 0.389. The summed E-state index contributed by atoms with van der Waals surface area (Å²) in [5.41, 5.74) is 1.28. The first kappa shape index (κ1) is 8.62. The minimum Gasteiger partial charge on any atom is -0.451 e. The number of aldehydes is 1. The van der Waals surface area contributed by atoms with Gasteiger partial charge in [0.15, 0.2) is 12.7 Å². The van der Waals surface area contributed by atoms with Crippen LogP contribution in [0.5, 0.6) is 0 Å². The summed E-state index contributed by atoms with van der Waals surface area (Å²) in [5, 5.41) is 0. The number of benzene rings is 1. The van der Waals surface area contributed by atoms with Crippen molar-refractivity contribution in [3.63, 3.8) is 0 Å². The van der Waals surface area contributed by atoms with E-state index in [1.165, 1.54) is 30.9 Å². The first-order valence-corrected chi connectivity index (χ1v) is 3.94. The fourth-order valence-electron chi connectivity index (χ4n) is 1.20. The van der Waals surface area contributed by atoms with Crippen molar-refractivity contribution in [1.82, 2.24) is 4.98 Å². The minimum atomic E-state index is -0.409. The van der Waals surface area contributed by atoms with E-state index in [0.29, 0.717) is 23.1 Å². The van der Waals surface area contributed by atoms with Crippen LogP contribution in [0.3, 0.4) is 0 Å². The smallest absolute Gasteiger partial charge is 0.181 e. The molecule has 0 aliphatic carbocycles. The maximum atomic E-state index is 12.9. The Morgan fingerprint density at radius 1 is 1.43 bits per heavy atom. The summed E-state index contributed by atoms with van der Waals surface area (Å²) in [7, 11) is 0. The highest BCUT2D eigenvalue weighted by Crippen LogP contribution is 2.21. The molecule has 1 aromatic carbocycles. The summed E-state index contributed by atoms with van der Waals surface area (Å²) in [4.78, 5) is 14.5. The van der Waals surface area contributed by atoms with Crippen LogP contribution in [-0.2, 0) is 0 Å². The molecule has 0 saturated carbocycles. The molecule has 1 heterocycles. The monoisotopic (exact) mass is 191 g/mol. The number of hydrogen-bond donors (Lipinski definition) is 0. The third-order valence-electron chi connectivity index (χ3n) is 1.85. The first-order valence-electron chi connectivity index (χ1n) is 3.94. The molecule has 0 unspecified atom stereocenters. The Morgan fingerprint density at radius 3 is 2.93 bits per heavy atom. The Kier molecular flexibility index (Phi) is 2.10. The molecular weight excluding hydrogens is 185 g/mol. The van der Waals surface area contributed by atoms with Crippen molar-refractivity contribution in [1.29, 1.82) is 0 Å². The molecule has 0 radical (unpaired) electrons. The molecule has 0 N–H and O–H groups in total. The van der Waals surface area contributed by atoms with E-state index < -0.39 is 5.82 Å². The van der Waals surface area contributed by atoms with E-state index in [2.05, 4.69) is 4.98 Å². The summed E-state index contributed by atoms with van der Waals surface area (Å²) >= 11 is 0. The molecule has 2 aromatic rings. The summed E-state index contributed by atoms with van der Waals surface area (Å²) in [6.45, 7) is 0. The number of rotatable bonds is 2. The maximum Gasteiger partial charge on any atom is 0.181 e. The predicted molar refractivity (Wildman–Crippen MR) is 47.3 cm³/mol. The van der Waals surface area contributed by atoms with E-state index in [9.17, 15) is 9.18 Å². The zero-order chi connectivity index (χ0) is 9.97. The van der Waals surface area contributed by atoms with Crippen LogP contribution in [0.4, 0.5) is 4.39 Å². The van der Waals surface area contributed by atoms with Crippen LogP contribution in [0.2, 0.25) is 0 Å². The molecule has 0 aliphatic heterocycles. The molecule has 70 valence electrons.